The van der Waals surface area contributed by atoms with E-state index in [0.717, 1.165) is 24.2 Å². The molecule has 1 fully saturated rings. The first kappa shape index (κ1) is 13.8. The smallest absolute Gasteiger partial charge is 0.242 e. The fourth-order valence-corrected chi connectivity index (χ4v) is 2.50. The van der Waals surface area contributed by atoms with E-state index in [1.165, 1.54) is 13.2 Å². The van der Waals surface area contributed by atoms with Gasteiger partial charge >= 0.3 is 0 Å². The van der Waals surface area contributed by atoms with Crippen LogP contribution in [-0.2, 0) is 6.42 Å². The molecule has 0 bridgehead atoms. The minimum absolute atomic E-state index is 0.236. The third kappa shape index (κ3) is 2.54. The van der Waals surface area contributed by atoms with E-state index in [0.29, 0.717) is 16.9 Å². The minimum Gasteiger partial charge on any atom is -0.496 e. The van der Waals surface area contributed by atoms with Gasteiger partial charge in [-0.25, -0.2) is 8.78 Å². The van der Waals surface area contributed by atoms with E-state index in [1.807, 2.05) is 6.92 Å². The zero-order valence-corrected chi connectivity index (χ0v) is 11.0. The summed E-state index contributed by atoms with van der Waals surface area (Å²) >= 11 is 0. The van der Waals surface area contributed by atoms with E-state index in [4.69, 9.17) is 10.00 Å². The average molecular weight is 266 g/mol. The molecule has 1 aliphatic heterocycles. The quantitative estimate of drug-likeness (QED) is 0.910. The molecule has 1 N–H and O–H groups in total. The van der Waals surface area contributed by atoms with Gasteiger partial charge in [0.2, 0.25) is 6.43 Å². The fourth-order valence-electron chi connectivity index (χ4n) is 2.50. The normalized spacial score (nSPS) is 15.2. The van der Waals surface area contributed by atoms with Gasteiger partial charge in [0.25, 0.3) is 0 Å². The Morgan fingerprint density at radius 2 is 2.21 bits per heavy atom. The fraction of sp³-hybridized carbons (Fsp3) is 0.500. The highest BCUT2D eigenvalue weighted by Gasteiger charge is 2.28. The number of nitriles is 1. The summed E-state index contributed by atoms with van der Waals surface area (Å²) in [6.45, 7) is 3.43. The van der Waals surface area contributed by atoms with Crippen LogP contribution in [0.4, 0.5) is 8.78 Å². The highest BCUT2D eigenvalue weighted by molar-refractivity contribution is 5.56. The van der Waals surface area contributed by atoms with Crippen LogP contribution in [-0.4, -0.2) is 26.6 Å². The molecular formula is C14H16F2N2O. The number of benzene rings is 1. The second-order valence-electron chi connectivity index (χ2n) is 4.72. The molecule has 19 heavy (non-hydrogen) atoms. The molecule has 0 amide bonds. The zero-order valence-electron chi connectivity index (χ0n) is 11.0. The van der Waals surface area contributed by atoms with Gasteiger partial charge in [-0.2, -0.15) is 5.26 Å². The van der Waals surface area contributed by atoms with Gasteiger partial charge in [-0.1, -0.05) is 0 Å². The predicted octanol–water partition coefficient (Wildman–Crippen LogP) is 2.37. The Kier molecular flexibility index (Phi) is 4.01. The molecule has 5 heteroatoms. The maximum atomic E-state index is 12.7. The summed E-state index contributed by atoms with van der Waals surface area (Å²) in [5.74, 6) is 0.753. The number of rotatable bonds is 4. The van der Waals surface area contributed by atoms with E-state index in [-0.39, 0.29) is 12.3 Å². The van der Waals surface area contributed by atoms with Gasteiger partial charge in [0.05, 0.1) is 18.7 Å². The third-order valence-corrected chi connectivity index (χ3v) is 3.55. The van der Waals surface area contributed by atoms with Crippen LogP contribution in [0.15, 0.2) is 6.07 Å². The maximum absolute atomic E-state index is 12.7. The van der Waals surface area contributed by atoms with Crippen molar-refractivity contribution in [2.45, 2.75) is 25.7 Å². The van der Waals surface area contributed by atoms with Crippen LogP contribution >= 0.6 is 0 Å². The SMILES string of the molecule is COc1c(CC(F)F)cc(C#N)c(C)c1C1CNC1. The standard InChI is InChI=1S/C14H16F2N2O/c1-8-10(5-17)3-9(4-12(15)16)14(19-2)13(8)11-6-18-7-11/h3,11-12,18H,4,6-7H2,1-2H3. The van der Waals surface area contributed by atoms with Crippen LogP contribution in [0, 0.1) is 18.3 Å². The van der Waals surface area contributed by atoms with E-state index in [1.54, 1.807) is 0 Å². The Labute approximate surface area is 111 Å². The highest BCUT2D eigenvalue weighted by Crippen LogP contribution is 2.37. The van der Waals surface area contributed by atoms with E-state index >= 15 is 0 Å². The molecule has 3 nitrogen and oxygen atoms in total. The van der Waals surface area contributed by atoms with E-state index in [9.17, 15) is 8.78 Å². The molecule has 1 saturated heterocycles. The summed E-state index contributed by atoms with van der Waals surface area (Å²) in [6.07, 6.45) is -2.83. The van der Waals surface area contributed by atoms with Crippen molar-refractivity contribution in [3.05, 3.63) is 28.3 Å². The summed E-state index contributed by atoms with van der Waals surface area (Å²) in [5, 5.41) is 12.3. The van der Waals surface area contributed by atoms with E-state index < -0.39 is 6.43 Å². The zero-order chi connectivity index (χ0) is 14.0. The van der Waals surface area contributed by atoms with Gasteiger partial charge in [0, 0.05) is 36.6 Å². The van der Waals surface area contributed by atoms with Crippen LogP contribution in [0.5, 0.6) is 5.75 Å². The number of nitrogens with zero attached hydrogens (tertiary/aromatic N) is 1. The monoisotopic (exact) mass is 266 g/mol. The van der Waals surface area contributed by atoms with Crippen LogP contribution in [0.2, 0.25) is 0 Å². The molecule has 0 aliphatic carbocycles. The Bertz CT molecular complexity index is 519. The summed E-state index contributed by atoms with van der Waals surface area (Å²) in [4.78, 5) is 0. The molecule has 0 radical (unpaired) electrons. The van der Waals surface area contributed by atoms with Crippen molar-refractivity contribution in [2.24, 2.45) is 0 Å². The molecule has 0 aromatic heterocycles. The number of hydrogen-bond donors (Lipinski definition) is 1. The summed E-state index contributed by atoms with van der Waals surface area (Å²) in [6, 6.07) is 3.61. The number of nitrogens with one attached hydrogen (secondary N) is 1. The lowest BCUT2D eigenvalue weighted by Crippen LogP contribution is -2.40. The topological polar surface area (TPSA) is 45.0 Å². The molecule has 0 saturated carbocycles. The lowest BCUT2D eigenvalue weighted by molar-refractivity contribution is 0.148. The lowest BCUT2D eigenvalue weighted by Gasteiger charge is -2.31. The molecular weight excluding hydrogens is 250 g/mol. The first-order chi connectivity index (χ1) is 9.08. The molecule has 102 valence electrons. The first-order valence-electron chi connectivity index (χ1n) is 6.17. The van der Waals surface area contributed by atoms with Gasteiger partial charge in [-0.05, 0) is 18.6 Å². The second kappa shape index (κ2) is 5.54. The van der Waals surface area contributed by atoms with Gasteiger partial charge in [0.15, 0.2) is 0 Å². The number of alkyl halides is 2. The van der Waals surface area contributed by atoms with Gasteiger partial charge in [-0.3, -0.25) is 0 Å². The number of hydrogen-bond acceptors (Lipinski definition) is 3. The van der Waals surface area contributed by atoms with E-state index in [2.05, 4.69) is 11.4 Å². The Morgan fingerprint density at radius 3 is 2.63 bits per heavy atom. The number of ether oxygens (including phenoxy) is 1. The van der Waals surface area contributed by atoms with Gasteiger partial charge < -0.3 is 10.1 Å². The largest absolute Gasteiger partial charge is 0.496 e. The van der Waals surface area contributed by atoms with Crippen LogP contribution in [0.25, 0.3) is 0 Å². The van der Waals surface area contributed by atoms with Crippen molar-refractivity contribution in [3.63, 3.8) is 0 Å². The summed E-state index contributed by atoms with van der Waals surface area (Å²) < 4.78 is 30.6. The number of methoxy groups -OCH3 is 1. The van der Waals surface area contributed by atoms with Crippen molar-refractivity contribution < 1.29 is 13.5 Å². The van der Waals surface area contributed by atoms with Crippen molar-refractivity contribution in [2.75, 3.05) is 20.2 Å². The molecule has 0 atom stereocenters. The van der Waals surface area contributed by atoms with Crippen LogP contribution in [0.3, 0.4) is 0 Å². The minimum atomic E-state index is -2.45. The van der Waals surface area contributed by atoms with Gasteiger partial charge in [0.1, 0.15) is 5.75 Å². The Balaban J connectivity index is 2.57. The maximum Gasteiger partial charge on any atom is 0.242 e. The average Bonchev–Trinajstić information content (AvgIpc) is 2.30. The van der Waals surface area contributed by atoms with Crippen LogP contribution < -0.4 is 10.1 Å². The predicted molar refractivity (Wildman–Crippen MR) is 67.8 cm³/mol. The second-order valence-corrected chi connectivity index (χ2v) is 4.72. The molecule has 2 rings (SSSR count). The van der Waals surface area contributed by atoms with Crippen LogP contribution in [0.1, 0.15) is 28.2 Å². The van der Waals surface area contributed by atoms with Gasteiger partial charge in [-0.15, -0.1) is 0 Å². The number of halogens is 2. The highest BCUT2D eigenvalue weighted by atomic mass is 19.3. The molecule has 1 aromatic carbocycles. The molecule has 0 spiro atoms. The summed E-state index contributed by atoms with van der Waals surface area (Å²) in [5.41, 5.74) is 2.61. The van der Waals surface area contributed by atoms with Crippen molar-refractivity contribution in [1.29, 1.82) is 5.26 Å². The first-order valence-corrected chi connectivity index (χ1v) is 6.17. The Hall–Kier alpha value is -1.67. The van der Waals surface area contributed by atoms with Crippen molar-refractivity contribution >= 4 is 0 Å². The third-order valence-electron chi connectivity index (χ3n) is 3.55. The van der Waals surface area contributed by atoms with Crippen molar-refractivity contribution in [1.82, 2.24) is 5.32 Å². The lowest BCUT2D eigenvalue weighted by atomic mass is 9.85. The molecule has 0 unspecified atom stereocenters. The van der Waals surface area contributed by atoms with Crippen molar-refractivity contribution in [3.8, 4) is 11.8 Å². The summed E-state index contributed by atoms with van der Waals surface area (Å²) in [7, 11) is 1.49. The molecule has 1 aromatic rings. The Morgan fingerprint density at radius 1 is 1.53 bits per heavy atom. The molecule has 1 heterocycles. The molecule has 1 aliphatic rings.